The predicted molar refractivity (Wildman–Crippen MR) is 112 cm³/mol. The molecule has 0 bridgehead atoms. The lowest BCUT2D eigenvalue weighted by atomic mass is 10.1. The maximum atomic E-state index is 12.5. The third-order valence-electron chi connectivity index (χ3n) is 4.15. The number of nitrogens with zero attached hydrogens (tertiary/aromatic N) is 3. The monoisotopic (exact) mass is 385 g/mol. The van der Waals surface area contributed by atoms with E-state index in [2.05, 4.69) is 15.6 Å². The van der Waals surface area contributed by atoms with Crippen LogP contribution in [0.25, 0.3) is 0 Å². The van der Waals surface area contributed by atoms with Gasteiger partial charge in [0.15, 0.2) is 0 Å². The Hall–Kier alpha value is -4.18. The first kappa shape index (κ1) is 19.6. The lowest BCUT2D eigenvalue weighted by molar-refractivity contribution is 0.102. The minimum atomic E-state index is -0.413. The van der Waals surface area contributed by atoms with E-state index in [9.17, 15) is 9.59 Å². The number of anilines is 3. The zero-order valence-corrected chi connectivity index (χ0v) is 16.0. The number of hydrogen-bond donors (Lipinski definition) is 2. The van der Waals surface area contributed by atoms with Gasteiger partial charge in [-0.15, -0.1) is 0 Å². The van der Waals surface area contributed by atoms with E-state index in [1.807, 2.05) is 37.2 Å². The van der Waals surface area contributed by atoms with Crippen molar-refractivity contribution in [2.24, 2.45) is 0 Å². The topological polar surface area (TPSA) is 98.1 Å². The molecule has 0 aliphatic heterocycles. The van der Waals surface area contributed by atoms with Gasteiger partial charge in [0.1, 0.15) is 5.69 Å². The molecular formula is C22H19N5O2. The highest BCUT2D eigenvalue weighted by Crippen LogP contribution is 2.17. The highest BCUT2D eigenvalue weighted by molar-refractivity contribution is 6.07. The lowest BCUT2D eigenvalue weighted by Gasteiger charge is -2.13. The highest BCUT2D eigenvalue weighted by atomic mass is 16.2. The van der Waals surface area contributed by atoms with Gasteiger partial charge in [-0.05, 0) is 54.6 Å². The van der Waals surface area contributed by atoms with Gasteiger partial charge in [0.2, 0.25) is 0 Å². The summed E-state index contributed by atoms with van der Waals surface area (Å²) in [5, 5.41) is 14.4. The smallest absolute Gasteiger partial charge is 0.274 e. The van der Waals surface area contributed by atoms with E-state index in [4.69, 9.17) is 5.26 Å². The zero-order chi connectivity index (χ0) is 20.8. The van der Waals surface area contributed by atoms with Gasteiger partial charge in [0.25, 0.3) is 11.8 Å². The van der Waals surface area contributed by atoms with Crippen molar-refractivity contribution in [2.75, 3.05) is 29.6 Å². The molecule has 0 saturated heterocycles. The number of nitrogens with one attached hydrogen (secondary N) is 2. The normalized spacial score (nSPS) is 9.97. The molecule has 0 aliphatic rings. The number of benzene rings is 2. The summed E-state index contributed by atoms with van der Waals surface area (Å²) in [5.41, 5.74) is 3.00. The van der Waals surface area contributed by atoms with Gasteiger partial charge in [-0.3, -0.25) is 14.6 Å². The van der Waals surface area contributed by atoms with Crippen molar-refractivity contribution in [2.45, 2.75) is 0 Å². The van der Waals surface area contributed by atoms with E-state index < -0.39 is 11.8 Å². The van der Waals surface area contributed by atoms with E-state index in [-0.39, 0.29) is 11.3 Å². The molecule has 29 heavy (non-hydrogen) atoms. The fraction of sp³-hybridized carbons (Fsp3) is 0.0909. The van der Waals surface area contributed by atoms with Crippen molar-refractivity contribution >= 4 is 28.9 Å². The SMILES string of the molecule is CN(C)c1ccc(NC(=O)c2cc(C(=O)Nc3cccc(C#N)c3)ccn2)cc1. The van der Waals surface area contributed by atoms with Crippen LogP contribution in [0.4, 0.5) is 17.1 Å². The molecule has 0 radical (unpaired) electrons. The maximum Gasteiger partial charge on any atom is 0.274 e. The summed E-state index contributed by atoms with van der Waals surface area (Å²) < 4.78 is 0. The van der Waals surface area contributed by atoms with Crippen molar-refractivity contribution < 1.29 is 9.59 Å². The van der Waals surface area contributed by atoms with Gasteiger partial charge in [-0.2, -0.15) is 5.26 Å². The highest BCUT2D eigenvalue weighted by Gasteiger charge is 2.13. The summed E-state index contributed by atoms with van der Waals surface area (Å²) >= 11 is 0. The Labute approximate surface area is 168 Å². The Morgan fingerprint density at radius 1 is 0.931 bits per heavy atom. The van der Waals surface area contributed by atoms with Crippen LogP contribution in [0.5, 0.6) is 0 Å². The summed E-state index contributed by atoms with van der Waals surface area (Å²) in [6.07, 6.45) is 1.41. The number of carbonyl (C=O) groups is 2. The Morgan fingerprint density at radius 2 is 1.66 bits per heavy atom. The van der Waals surface area contributed by atoms with Crippen LogP contribution in [0.3, 0.4) is 0 Å². The first-order valence-corrected chi connectivity index (χ1v) is 8.82. The summed E-state index contributed by atoms with van der Waals surface area (Å²) in [6.45, 7) is 0. The number of rotatable bonds is 5. The van der Waals surface area contributed by atoms with Crippen molar-refractivity contribution in [3.8, 4) is 6.07 Å². The van der Waals surface area contributed by atoms with E-state index in [0.29, 0.717) is 16.9 Å². The van der Waals surface area contributed by atoms with Crippen molar-refractivity contribution in [3.05, 3.63) is 83.7 Å². The van der Waals surface area contributed by atoms with Crippen molar-refractivity contribution in [1.29, 1.82) is 5.26 Å². The molecule has 0 saturated carbocycles. The van der Waals surface area contributed by atoms with Crippen LogP contribution in [0.1, 0.15) is 26.4 Å². The molecule has 2 N–H and O–H groups in total. The zero-order valence-electron chi connectivity index (χ0n) is 16.0. The van der Waals surface area contributed by atoms with E-state index in [0.717, 1.165) is 5.69 Å². The summed E-state index contributed by atoms with van der Waals surface area (Å²) in [6, 6.07) is 18.9. The molecule has 0 aliphatic carbocycles. The number of hydrogen-bond acceptors (Lipinski definition) is 5. The second-order valence-corrected chi connectivity index (χ2v) is 6.47. The third kappa shape index (κ3) is 4.96. The second-order valence-electron chi connectivity index (χ2n) is 6.47. The van der Waals surface area contributed by atoms with E-state index in [1.165, 1.54) is 18.3 Å². The van der Waals surface area contributed by atoms with E-state index in [1.54, 1.807) is 36.4 Å². The summed E-state index contributed by atoms with van der Waals surface area (Å²) in [7, 11) is 3.87. The molecule has 1 heterocycles. The molecule has 0 fully saturated rings. The quantitative estimate of drug-likeness (QED) is 0.700. The molecule has 144 valence electrons. The first-order valence-electron chi connectivity index (χ1n) is 8.82. The second kappa shape index (κ2) is 8.67. The fourth-order valence-corrected chi connectivity index (χ4v) is 2.60. The first-order chi connectivity index (χ1) is 14.0. The number of aromatic nitrogens is 1. The molecule has 7 heteroatoms. The average Bonchev–Trinajstić information content (AvgIpc) is 2.74. The Balaban J connectivity index is 1.71. The minimum absolute atomic E-state index is 0.125. The van der Waals surface area contributed by atoms with Gasteiger partial charge in [-0.25, -0.2) is 0 Å². The Bertz CT molecular complexity index is 1080. The van der Waals surface area contributed by atoms with Gasteiger partial charge in [-0.1, -0.05) is 6.07 Å². The van der Waals surface area contributed by atoms with Gasteiger partial charge in [0, 0.05) is 42.9 Å². The molecule has 2 aromatic carbocycles. The lowest BCUT2D eigenvalue weighted by Crippen LogP contribution is -2.17. The van der Waals surface area contributed by atoms with Crippen LogP contribution in [0.2, 0.25) is 0 Å². The largest absolute Gasteiger partial charge is 0.378 e. The molecule has 2 amide bonds. The van der Waals surface area contributed by atoms with Crippen LogP contribution in [-0.2, 0) is 0 Å². The van der Waals surface area contributed by atoms with Gasteiger partial charge >= 0.3 is 0 Å². The van der Waals surface area contributed by atoms with Gasteiger partial charge < -0.3 is 15.5 Å². The van der Waals surface area contributed by atoms with Crippen LogP contribution < -0.4 is 15.5 Å². The molecular weight excluding hydrogens is 366 g/mol. The third-order valence-corrected chi connectivity index (χ3v) is 4.15. The molecule has 3 rings (SSSR count). The minimum Gasteiger partial charge on any atom is -0.378 e. The average molecular weight is 385 g/mol. The Kier molecular flexibility index (Phi) is 5.85. The number of nitriles is 1. The molecule has 1 aromatic heterocycles. The van der Waals surface area contributed by atoms with E-state index >= 15 is 0 Å². The summed E-state index contributed by atoms with van der Waals surface area (Å²) in [5.74, 6) is -0.810. The van der Waals surface area contributed by atoms with Crippen LogP contribution >= 0.6 is 0 Å². The van der Waals surface area contributed by atoms with Crippen LogP contribution in [0.15, 0.2) is 66.9 Å². The molecule has 0 spiro atoms. The van der Waals surface area contributed by atoms with Crippen molar-refractivity contribution in [3.63, 3.8) is 0 Å². The molecule has 3 aromatic rings. The van der Waals surface area contributed by atoms with Crippen molar-refractivity contribution in [1.82, 2.24) is 4.98 Å². The predicted octanol–water partition coefficient (Wildman–Crippen LogP) is 3.52. The van der Waals surface area contributed by atoms with Crippen LogP contribution in [-0.4, -0.2) is 30.9 Å². The summed E-state index contributed by atoms with van der Waals surface area (Å²) in [4.78, 5) is 31.0. The molecule has 0 atom stereocenters. The number of carbonyl (C=O) groups excluding carboxylic acids is 2. The maximum absolute atomic E-state index is 12.5. The standard InChI is InChI=1S/C22H19N5O2/c1-27(2)19-8-6-17(7-9-19)25-22(29)20-13-16(10-11-24-20)21(28)26-18-5-3-4-15(12-18)14-23/h3-13H,1-2H3,(H,25,29)(H,26,28). The fourth-order valence-electron chi connectivity index (χ4n) is 2.60. The number of pyridine rings is 1. The Morgan fingerprint density at radius 3 is 2.34 bits per heavy atom. The molecule has 7 nitrogen and oxygen atoms in total. The molecule has 0 unspecified atom stereocenters. The van der Waals surface area contributed by atoms with Gasteiger partial charge in [0.05, 0.1) is 11.6 Å². The number of amides is 2. The van der Waals surface area contributed by atoms with Crippen LogP contribution in [0, 0.1) is 11.3 Å².